The van der Waals surface area contributed by atoms with Gasteiger partial charge in [0, 0.05) is 17.0 Å². The molecular weight excluding hydrogens is 293 g/mol. The number of nitrogens with two attached hydrogens (primary N) is 1. The van der Waals surface area contributed by atoms with Crippen LogP contribution in [0.4, 0.5) is 5.82 Å². The Kier molecular flexibility index (Phi) is 2.93. The molecule has 0 atom stereocenters. The van der Waals surface area contributed by atoms with Crippen molar-refractivity contribution in [3.05, 3.63) is 39.0 Å². The molecule has 0 unspecified atom stereocenters. The molecule has 94 valence electrons. The fraction of sp³-hybridized carbons (Fsp3) is 0.250. The highest BCUT2D eigenvalue weighted by molar-refractivity contribution is 6.40. The molecule has 1 aromatic heterocycles. The van der Waals surface area contributed by atoms with E-state index in [1.54, 1.807) is 16.8 Å². The van der Waals surface area contributed by atoms with Gasteiger partial charge < -0.3 is 5.73 Å². The molecular formula is C12H10Cl3N3. The summed E-state index contributed by atoms with van der Waals surface area (Å²) in [7, 11) is 0. The maximum absolute atomic E-state index is 6.16. The summed E-state index contributed by atoms with van der Waals surface area (Å²) in [5.41, 5.74) is 7.54. The molecule has 0 radical (unpaired) electrons. The van der Waals surface area contributed by atoms with Gasteiger partial charge in [0.1, 0.15) is 11.5 Å². The molecule has 6 heteroatoms. The Morgan fingerprint density at radius 2 is 1.72 bits per heavy atom. The van der Waals surface area contributed by atoms with E-state index in [4.69, 9.17) is 40.5 Å². The van der Waals surface area contributed by atoms with Crippen molar-refractivity contribution in [1.82, 2.24) is 9.78 Å². The highest BCUT2D eigenvalue weighted by atomic mass is 35.5. The van der Waals surface area contributed by atoms with E-state index in [9.17, 15) is 0 Å². The van der Waals surface area contributed by atoms with Gasteiger partial charge in [-0.25, -0.2) is 4.68 Å². The zero-order chi connectivity index (χ0) is 12.9. The normalized spacial score (nSPS) is 15.1. The number of aromatic nitrogens is 2. The van der Waals surface area contributed by atoms with Gasteiger partial charge in [-0.05, 0) is 25.0 Å². The second-order valence-corrected chi connectivity index (χ2v) is 5.65. The fourth-order valence-corrected chi connectivity index (χ4v) is 2.89. The lowest BCUT2D eigenvalue weighted by atomic mass is 10.3. The number of halogens is 3. The van der Waals surface area contributed by atoms with Crippen LogP contribution in [0.25, 0.3) is 5.69 Å². The van der Waals surface area contributed by atoms with Crippen LogP contribution in [0.2, 0.25) is 15.1 Å². The quantitative estimate of drug-likeness (QED) is 0.899. The van der Waals surface area contributed by atoms with Gasteiger partial charge in [0.15, 0.2) is 0 Å². The number of hydrogen-bond donors (Lipinski definition) is 1. The summed E-state index contributed by atoms with van der Waals surface area (Å²) in [6.45, 7) is 0. The molecule has 0 saturated heterocycles. The Labute approximate surface area is 119 Å². The zero-order valence-electron chi connectivity index (χ0n) is 9.33. The minimum atomic E-state index is 0.435. The average molecular weight is 303 g/mol. The summed E-state index contributed by atoms with van der Waals surface area (Å²) >= 11 is 18.2. The maximum atomic E-state index is 6.16. The summed E-state index contributed by atoms with van der Waals surface area (Å²) in [5, 5.41) is 5.83. The molecule has 1 heterocycles. The van der Waals surface area contributed by atoms with E-state index < -0.39 is 0 Å². The smallest absolute Gasteiger partial charge is 0.127 e. The highest BCUT2D eigenvalue weighted by Crippen LogP contribution is 2.41. The van der Waals surface area contributed by atoms with Crippen molar-refractivity contribution in [1.29, 1.82) is 0 Å². The topological polar surface area (TPSA) is 43.8 Å². The number of nitrogen functional groups attached to an aromatic ring is 1. The Bertz CT molecular complexity index is 594. The molecule has 0 aliphatic heterocycles. The second-order valence-electron chi connectivity index (χ2n) is 4.40. The lowest BCUT2D eigenvalue weighted by molar-refractivity contribution is 0.845. The van der Waals surface area contributed by atoms with Gasteiger partial charge in [-0.15, -0.1) is 0 Å². The molecule has 3 rings (SSSR count). The van der Waals surface area contributed by atoms with Crippen LogP contribution in [-0.2, 0) is 0 Å². The minimum absolute atomic E-state index is 0.435. The predicted octanol–water partition coefficient (Wildman–Crippen LogP) is 4.29. The highest BCUT2D eigenvalue weighted by Gasteiger charge is 2.27. The molecule has 1 saturated carbocycles. The largest absolute Gasteiger partial charge is 0.384 e. The predicted molar refractivity (Wildman–Crippen MR) is 75.0 cm³/mol. The Morgan fingerprint density at radius 3 is 2.28 bits per heavy atom. The van der Waals surface area contributed by atoms with E-state index in [0.29, 0.717) is 32.5 Å². The molecule has 0 bridgehead atoms. The van der Waals surface area contributed by atoms with E-state index in [1.165, 1.54) is 12.8 Å². The van der Waals surface area contributed by atoms with Crippen molar-refractivity contribution in [3.8, 4) is 5.69 Å². The fourth-order valence-electron chi connectivity index (χ4n) is 1.91. The maximum Gasteiger partial charge on any atom is 0.127 e. The molecule has 1 aliphatic carbocycles. The molecule has 18 heavy (non-hydrogen) atoms. The van der Waals surface area contributed by atoms with E-state index in [0.717, 1.165) is 5.69 Å². The molecule has 1 aromatic carbocycles. The molecule has 0 spiro atoms. The molecule has 3 nitrogen and oxygen atoms in total. The third kappa shape index (κ3) is 2.07. The van der Waals surface area contributed by atoms with Gasteiger partial charge >= 0.3 is 0 Å². The first kappa shape index (κ1) is 12.2. The van der Waals surface area contributed by atoms with Crippen LogP contribution < -0.4 is 5.73 Å². The summed E-state index contributed by atoms with van der Waals surface area (Å²) in [6, 6.07) is 5.13. The molecule has 0 amide bonds. The Morgan fingerprint density at radius 1 is 1.11 bits per heavy atom. The van der Waals surface area contributed by atoms with Crippen LogP contribution in [0, 0.1) is 0 Å². The van der Waals surface area contributed by atoms with Crippen molar-refractivity contribution < 1.29 is 0 Å². The van der Waals surface area contributed by atoms with Gasteiger partial charge in [-0.2, -0.15) is 5.10 Å². The van der Waals surface area contributed by atoms with Gasteiger partial charge in [-0.3, -0.25) is 0 Å². The van der Waals surface area contributed by atoms with Gasteiger partial charge in [0.05, 0.1) is 15.7 Å². The lowest BCUT2D eigenvalue weighted by Gasteiger charge is -2.09. The first-order valence-corrected chi connectivity index (χ1v) is 6.70. The van der Waals surface area contributed by atoms with Crippen molar-refractivity contribution in [2.45, 2.75) is 18.8 Å². The van der Waals surface area contributed by atoms with E-state index in [1.807, 2.05) is 6.07 Å². The van der Waals surface area contributed by atoms with E-state index >= 15 is 0 Å². The number of nitrogens with zero attached hydrogens (tertiary/aromatic N) is 2. The third-order valence-electron chi connectivity index (χ3n) is 2.94. The Balaban J connectivity index is 2.14. The summed E-state index contributed by atoms with van der Waals surface area (Å²) in [5.74, 6) is 1.06. The monoisotopic (exact) mass is 301 g/mol. The second kappa shape index (κ2) is 4.34. The number of anilines is 1. The number of benzene rings is 1. The van der Waals surface area contributed by atoms with Crippen molar-refractivity contribution in [2.75, 3.05) is 5.73 Å². The molecule has 2 N–H and O–H groups in total. The lowest BCUT2D eigenvalue weighted by Crippen LogP contribution is -2.03. The number of rotatable bonds is 2. The average Bonchev–Trinajstić information content (AvgIpc) is 3.03. The van der Waals surface area contributed by atoms with Gasteiger partial charge in [0.2, 0.25) is 0 Å². The molecule has 2 aromatic rings. The zero-order valence-corrected chi connectivity index (χ0v) is 11.6. The summed E-state index contributed by atoms with van der Waals surface area (Å²) in [6.07, 6.45) is 2.33. The first-order valence-electron chi connectivity index (χ1n) is 5.56. The SMILES string of the molecule is Nc1cc(C2CC2)nn1-c1c(Cl)cc(Cl)cc1Cl. The van der Waals surface area contributed by atoms with Crippen LogP contribution in [0.3, 0.4) is 0 Å². The van der Waals surface area contributed by atoms with Gasteiger partial charge in [-0.1, -0.05) is 34.8 Å². The van der Waals surface area contributed by atoms with Crippen LogP contribution in [-0.4, -0.2) is 9.78 Å². The Hall–Kier alpha value is -0.900. The van der Waals surface area contributed by atoms with Crippen molar-refractivity contribution in [2.24, 2.45) is 0 Å². The number of hydrogen-bond acceptors (Lipinski definition) is 2. The standard InChI is InChI=1S/C12H10Cl3N3/c13-7-3-8(14)12(9(15)4-7)18-11(16)5-10(17-18)6-1-2-6/h3-6H,1-2,16H2. The van der Waals surface area contributed by atoms with Crippen LogP contribution in [0.5, 0.6) is 0 Å². The van der Waals surface area contributed by atoms with Crippen molar-refractivity contribution in [3.63, 3.8) is 0 Å². The first-order chi connectivity index (χ1) is 8.56. The van der Waals surface area contributed by atoms with Gasteiger partial charge in [0.25, 0.3) is 0 Å². The van der Waals surface area contributed by atoms with E-state index in [2.05, 4.69) is 5.10 Å². The van der Waals surface area contributed by atoms with Crippen LogP contribution in [0.15, 0.2) is 18.2 Å². The van der Waals surface area contributed by atoms with Crippen LogP contribution >= 0.6 is 34.8 Å². The van der Waals surface area contributed by atoms with E-state index in [-0.39, 0.29) is 0 Å². The van der Waals surface area contributed by atoms with Crippen LogP contribution in [0.1, 0.15) is 24.5 Å². The van der Waals surface area contributed by atoms with Crippen molar-refractivity contribution >= 4 is 40.6 Å². The summed E-state index contributed by atoms with van der Waals surface area (Å²) in [4.78, 5) is 0. The summed E-state index contributed by atoms with van der Waals surface area (Å²) < 4.78 is 1.58. The third-order valence-corrected chi connectivity index (χ3v) is 3.74. The molecule has 1 fully saturated rings. The minimum Gasteiger partial charge on any atom is -0.384 e. The molecule has 1 aliphatic rings.